The van der Waals surface area contributed by atoms with E-state index in [-0.39, 0.29) is 62.8 Å². The highest BCUT2D eigenvalue weighted by Gasteiger charge is 2.27. The number of fused-ring (bicyclic) bond motifs is 1. The van der Waals surface area contributed by atoms with Crippen LogP contribution in [-0.4, -0.2) is 37.9 Å². The second kappa shape index (κ2) is 12.2. The van der Waals surface area contributed by atoms with Gasteiger partial charge in [-0.15, -0.1) is 0 Å². The summed E-state index contributed by atoms with van der Waals surface area (Å²) < 4.78 is 46.0. The second-order valence-electron chi connectivity index (χ2n) is 10.1. The number of halogens is 4. The molecule has 1 atom stereocenters. The molecule has 0 bridgehead atoms. The maximum absolute atomic E-state index is 13.3. The predicted molar refractivity (Wildman–Crippen MR) is 149 cm³/mol. The van der Waals surface area contributed by atoms with Gasteiger partial charge in [0, 0.05) is 26.1 Å². The van der Waals surface area contributed by atoms with Gasteiger partial charge < -0.3 is 24.0 Å². The fourth-order valence-electron chi connectivity index (χ4n) is 4.52. The van der Waals surface area contributed by atoms with Gasteiger partial charge in [-0.2, -0.15) is 13.5 Å². The molecule has 1 aromatic carbocycles. The number of carbonyl (C=O) groups excluding carboxylic acids is 1. The molecule has 43 heavy (non-hydrogen) atoms. The molecule has 16 heteroatoms. The van der Waals surface area contributed by atoms with Crippen molar-refractivity contribution in [2.75, 3.05) is 6.61 Å². The minimum atomic E-state index is -3.11. The Labute approximate surface area is 252 Å². The lowest BCUT2D eigenvalue weighted by Gasteiger charge is -2.21. The summed E-state index contributed by atoms with van der Waals surface area (Å²) >= 11 is 12.6. The van der Waals surface area contributed by atoms with Gasteiger partial charge in [-0.3, -0.25) is 14.2 Å². The number of aromatic nitrogens is 5. The molecule has 5 rings (SSSR count). The topological polar surface area (TPSA) is 134 Å². The lowest BCUT2D eigenvalue weighted by atomic mass is 10.0. The fraction of sp³-hybridized carbons (Fsp3) is 0.370. The predicted octanol–water partition coefficient (Wildman–Crippen LogP) is 3.29. The summed E-state index contributed by atoms with van der Waals surface area (Å²) in [5.41, 5.74) is -0.741. The van der Waals surface area contributed by atoms with Crippen LogP contribution in [0.25, 0.3) is 11.2 Å². The first-order valence-corrected chi connectivity index (χ1v) is 13.8. The van der Waals surface area contributed by atoms with E-state index in [1.165, 1.54) is 36.1 Å². The van der Waals surface area contributed by atoms with E-state index in [2.05, 4.69) is 9.72 Å². The Kier molecular flexibility index (Phi) is 8.60. The van der Waals surface area contributed by atoms with E-state index in [0.29, 0.717) is 4.73 Å². The molecule has 0 amide bonds. The third-order valence-electron chi connectivity index (χ3n) is 6.94. The van der Waals surface area contributed by atoms with Crippen LogP contribution in [0.3, 0.4) is 0 Å². The van der Waals surface area contributed by atoms with Gasteiger partial charge in [0.15, 0.2) is 35.1 Å². The Bertz CT molecular complexity index is 1800. The maximum Gasteiger partial charge on any atom is 0.387 e. The van der Waals surface area contributed by atoms with E-state index in [1.807, 2.05) is 0 Å². The van der Waals surface area contributed by atoms with Gasteiger partial charge in [0.05, 0.1) is 12.9 Å². The SMILES string of the molecule is Cn1cnc2c1c(=O)n(CC(=O)O[C@@H](Cc1c(Cl)c[n+]([O-])cc1Cl)c1ccc(OC(F)F)c(OCC3CC3)c1)c(=O)n2C. The highest BCUT2D eigenvalue weighted by molar-refractivity contribution is 6.35. The number of aryl methyl sites for hydroxylation is 2. The van der Waals surface area contributed by atoms with Crippen LogP contribution < -0.4 is 25.5 Å². The number of rotatable bonds is 11. The summed E-state index contributed by atoms with van der Waals surface area (Å²) in [5.74, 6) is -0.899. The monoisotopic (exact) mass is 639 g/mol. The Morgan fingerprint density at radius 1 is 1.16 bits per heavy atom. The summed E-state index contributed by atoms with van der Waals surface area (Å²) in [4.78, 5) is 43.4. The quantitative estimate of drug-likeness (QED) is 0.139. The molecule has 0 saturated heterocycles. The highest BCUT2D eigenvalue weighted by atomic mass is 35.5. The molecule has 0 aliphatic heterocycles. The Hall–Kier alpha value is -4.17. The van der Waals surface area contributed by atoms with E-state index in [4.69, 9.17) is 32.7 Å². The normalized spacial score (nSPS) is 13.8. The zero-order chi connectivity index (χ0) is 31.0. The summed E-state index contributed by atoms with van der Waals surface area (Å²) in [5, 5.41) is 11.8. The van der Waals surface area contributed by atoms with Crippen LogP contribution in [0.1, 0.15) is 30.1 Å². The summed E-state index contributed by atoms with van der Waals surface area (Å²) in [6, 6.07) is 4.04. The number of hydrogen-bond donors (Lipinski definition) is 0. The first kappa shape index (κ1) is 30.3. The average Bonchev–Trinajstić information content (AvgIpc) is 3.69. The van der Waals surface area contributed by atoms with Crippen molar-refractivity contribution in [3.05, 3.63) is 84.1 Å². The number of imidazole rings is 1. The number of carbonyl (C=O) groups is 1. The van der Waals surface area contributed by atoms with Crippen molar-refractivity contribution in [2.24, 2.45) is 20.0 Å². The minimum Gasteiger partial charge on any atom is -0.619 e. The first-order valence-electron chi connectivity index (χ1n) is 13.0. The largest absolute Gasteiger partial charge is 0.619 e. The molecule has 3 aromatic heterocycles. The molecule has 4 aromatic rings. The number of nitrogens with zero attached hydrogens (tertiary/aromatic N) is 5. The molecule has 0 spiro atoms. The lowest BCUT2D eigenvalue weighted by Crippen LogP contribution is -2.41. The minimum absolute atomic E-state index is 0.000141. The van der Waals surface area contributed by atoms with Crippen LogP contribution in [0.5, 0.6) is 11.5 Å². The molecule has 0 radical (unpaired) electrons. The Balaban J connectivity index is 1.51. The smallest absolute Gasteiger partial charge is 0.387 e. The van der Waals surface area contributed by atoms with Crippen molar-refractivity contribution in [2.45, 2.75) is 38.5 Å². The molecule has 3 heterocycles. The van der Waals surface area contributed by atoms with Crippen LogP contribution >= 0.6 is 23.2 Å². The van der Waals surface area contributed by atoms with Gasteiger partial charge in [0.2, 0.25) is 0 Å². The molecule has 0 unspecified atom stereocenters. The van der Waals surface area contributed by atoms with Crippen LogP contribution in [0, 0.1) is 11.1 Å². The van der Waals surface area contributed by atoms with E-state index in [1.54, 1.807) is 7.05 Å². The van der Waals surface area contributed by atoms with Crippen LogP contribution in [0.15, 0.2) is 46.5 Å². The lowest BCUT2D eigenvalue weighted by molar-refractivity contribution is -0.605. The number of ether oxygens (including phenoxy) is 3. The second-order valence-corrected chi connectivity index (χ2v) is 10.9. The van der Waals surface area contributed by atoms with E-state index < -0.39 is 36.5 Å². The van der Waals surface area contributed by atoms with E-state index in [0.717, 1.165) is 34.4 Å². The summed E-state index contributed by atoms with van der Waals surface area (Å²) in [7, 11) is 2.98. The van der Waals surface area contributed by atoms with Crippen LogP contribution in [0.4, 0.5) is 8.78 Å². The highest BCUT2D eigenvalue weighted by Crippen LogP contribution is 2.37. The molecular weight excluding hydrogens is 615 g/mol. The number of alkyl halides is 2. The molecule has 1 aliphatic rings. The molecular formula is C27H25Cl2F2N5O7. The van der Waals surface area contributed by atoms with E-state index >= 15 is 0 Å². The van der Waals surface area contributed by atoms with E-state index in [9.17, 15) is 28.4 Å². The average molecular weight is 640 g/mol. The van der Waals surface area contributed by atoms with Crippen molar-refractivity contribution in [1.82, 2.24) is 18.7 Å². The van der Waals surface area contributed by atoms with Crippen LogP contribution in [-0.2, 0) is 36.6 Å². The zero-order valence-electron chi connectivity index (χ0n) is 22.8. The van der Waals surface area contributed by atoms with Gasteiger partial charge in [-0.1, -0.05) is 29.3 Å². The molecule has 228 valence electrons. The Morgan fingerprint density at radius 2 is 1.86 bits per heavy atom. The third-order valence-corrected chi connectivity index (χ3v) is 7.59. The number of pyridine rings is 1. The molecule has 1 saturated carbocycles. The van der Waals surface area contributed by atoms with Gasteiger partial charge >= 0.3 is 18.3 Å². The van der Waals surface area contributed by atoms with Crippen molar-refractivity contribution in [3.8, 4) is 11.5 Å². The summed E-state index contributed by atoms with van der Waals surface area (Å²) in [6.07, 6.45) is 4.06. The third kappa shape index (κ3) is 6.59. The Morgan fingerprint density at radius 3 is 2.51 bits per heavy atom. The van der Waals surface area contributed by atoms with Crippen molar-refractivity contribution in [3.63, 3.8) is 0 Å². The molecule has 1 aliphatic carbocycles. The molecule has 0 N–H and O–H groups in total. The van der Waals surface area contributed by atoms with Crippen molar-refractivity contribution in [1.29, 1.82) is 0 Å². The number of hydrogen-bond acceptors (Lipinski definition) is 8. The molecule has 1 fully saturated rings. The van der Waals surface area contributed by atoms with Gasteiger partial charge in [0.1, 0.15) is 22.7 Å². The van der Waals surface area contributed by atoms with Gasteiger partial charge in [-0.05, 0) is 36.5 Å². The summed E-state index contributed by atoms with van der Waals surface area (Å²) in [6.45, 7) is -3.59. The zero-order valence-corrected chi connectivity index (χ0v) is 24.3. The van der Waals surface area contributed by atoms with Crippen molar-refractivity contribution >= 4 is 40.3 Å². The molecule has 12 nitrogen and oxygen atoms in total. The van der Waals surface area contributed by atoms with Crippen molar-refractivity contribution < 1.29 is 32.5 Å². The standard InChI is InChI=1S/C27H25Cl2F2N5O7/c1-33-13-32-24-23(33)25(38)36(27(39)34(24)2)11-22(37)42-20(8-16-17(28)9-35(40)10-18(16)29)15-5-6-19(43-26(30)31)21(7-15)41-12-14-3-4-14/h5-7,9-10,13-14,20,26H,3-4,8,11-12H2,1-2H3/t20-/m0/s1. The van der Waals surface area contributed by atoms with Gasteiger partial charge in [0.25, 0.3) is 5.56 Å². The fourth-order valence-corrected chi connectivity index (χ4v) is 5.12. The maximum atomic E-state index is 13.3. The number of benzene rings is 1. The van der Waals surface area contributed by atoms with Gasteiger partial charge in [-0.25, -0.2) is 14.3 Å². The first-order chi connectivity index (χ1) is 20.4. The number of esters is 1. The van der Waals surface area contributed by atoms with Crippen LogP contribution in [0.2, 0.25) is 10.0 Å².